The van der Waals surface area contributed by atoms with Gasteiger partial charge in [-0.1, -0.05) is 11.6 Å². The molecule has 1 fully saturated rings. The quantitative estimate of drug-likeness (QED) is 0.615. The molecule has 74 valence electrons. The van der Waals surface area contributed by atoms with E-state index < -0.39 is 0 Å². The zero-order valence-electron chi connectivity index (χ0n) is 7.79. The normalized spacial score (nSPS) is 15.5. The van der Waals surface area contributed by atoms with E-state index in [-0.39, 0.29) is 5.78 Å². The summed E-state index contributed by atoms with van der Waals surface area (Å²) in [6.45, 7) is 0. The molecule has 2 rings (SSSR count). The molecule has 0 aromatic heterocycles. The summed E-state index contributed by atoms with van der Waals surface area (Å²) in [7, 11) is 0. The number of Topliss-reactive ketones (excluding diaryl/α,β-unsaturated/α-hetero) is 1. The number of hydrogen-bond donors (Lipinski definition) is 1. The van der Waals surface area contributed by atoms with Crippen LogP contribution >= 0.6 is 11.6 Å². The highest BCUT2D eigenvalue weighted by molar-refractivity contribution is 6.34. The molecule has 0 unspecified atom stereocenters. The Morgan fingerprint density at radius 2 is 2.21 bits per heavy atom. The molecular formula is C11H12ClNO. The minimum absolute atomic E-state index is 0.116. The van der Waals surface area contributed by atoms with Gasteiger partial charge in [0.25, 0.3) is 0 Å². The molecular weight excluding hydrogens is 198 g/mol. The van der Waals surface area contributed by atoms with Gasteiger partial charge >= 0.3 is 0 Å². The molecule has 2 N–H and O–H groups in total. The van der Waals surface area contributed by atoms with Crippen LogP contribution in [0.1, 0.15) is 29.6 Å². The zero-order chi connectivity index (χ0) is 10.1. The molecule has 3 heteroatoms. The van der Waals surface area contributed by atoms with Crippen LogP contribution in [0.15, 0.2) is 18.2 Å². The first kappa shape index (κ1) is 9.53. The lowest BCUT2D eigenvalue weighted by molar-refractivity contribution is 0.0976. The monoisotopic (exact) mass is 209 g/mol. The Hall–Kier alpha value is -1.02. The highest BCUT2D eigenvalue weighted by Gasteiger charge is 2.25. The second-order valence-corrected chi connectivity index (χ2v) is 4.22. The van der Waals surface area contributed by atoms with E-state index in [0.717, 1.165) is 0 Å². The van der Waals surface area contributed by atoms with E-state index in [9.17, 15) is 4.79 Å². The minimum atomic E-state index is 0.116. The van der Waals surface area contributed by atoms with E-state index in [0.29, 0.717) is 28.6 Å². The van der Waals surface area contributed by atoms with Crippen LogP contribution in [0.4, 0.5) is 5.69 Å². The van der Waals surface area contributed by atoms with Gasteiger partial charge in [0.05, 0.1) is 5.02 Å². The topological polar surface area (TPSA) is 43.1 Å². The van der Waals surface area contributed by atoms with Crippen molar-refractivity contribution in [2.24, 2.45) is 5.92 Å². The van der Waals surface area contributed by atoms with Crippen LogP contribution in [0.5, 0.6) is 0 Å². The lowest BCUT2D eigenvalue weighted by Gasteiger charge is -2.03. The largest absolute Gasteiger partial charge is 0.399 e. The fourth-order valence-electron chi connectivity index (χ4n) is 1.45. The smallest absolute Gasteiger partial charge is 0.164 e. The van der Waals surface area contributed by atoms with E-state index in [1.807, 2.05) is 0 Å². The maximum absolute atomic E-state index is 11.7. The highest BCUT2D eigenvalue weighted by atomic mass is 35.5. The molecule has 0 spiro atoms. The number of ketones is 1. The van der Waals surface area contributed by atoms with Crippen molar-refractivity contribution < 1.29 is 4.79 Å². The van der Waals surface area contributed by atoms with Gasteiger partial charge in [-0.25, -0.2) is 0 Å². The summed E-state index contributed by atoms with van der Waals surface area (Å²) in [5.74, 6) is 0.699. The third-order valence-corrected chi connectivity index (χ3v) is 2.79. The Labute approximate surface area is 88.1 Å². The van der Waals surface area contributed by atoms with E-state index >= 15 is 0 Å². The molecule has 1 aliphatic rings. The van der Waals surface area contributed by atoms with Gasteiger partial charge in [-0.3, -0.25) is 4.79 Å². The Balaban J connectivity index is 2.20. The molecule has 1 aromatic rings. The first-order chi connectivity index (χ1) is 6.66. The highest BCUT2D eigenvalue weighted by Crippen LogP contribution is 2.34. The molecule has 0 aliphatic heterocycles. The molecule has 1 saturated carbocycles. The van der Waals surface area contributed by atoms with Crippen molar-refractivity contribution in [3.05, 3.63) is 28.8 Å². The molecule has 1 aromatic carbocycles. The Bertz CT molecular complexity index is 372. The van der Waals surface area contributed by atoms with Crippen molar-refractivity contribution in [1.29, 1.82) is 0 Å². The molecule has 0 heterocycles. The van der Waals surface area contributed by atoms with Crippen molar-refractivity contribution in [1.82, 2.24) is 0 Å². The van der Waals surface area contributed by atoms with Crippen molar-refractivity contribution in [2.45, 2.75) is 19.3 Å². The van der Waals surface area contributed by atoms with E-state index in [4.69, 9.17) is 17.3 Å². The van der Waals surface area contributed by atoms with Crippen molar-refractivity contribution in [3.63, 3.8) is 0 Å². The molecule has 0 radical (unpaired) electrons. The van der Waals surface area contributed by atoms with Crippen LogP contribution < -0.4 is 5.73 Å². The van der Waals surface area contributed by atoms with Crippen LogP contribution in [-0.2, 0) is 0 Å². The lowest BCUT2D eigenvalue weighted by Crippen LogP contribution is -2.02. The van der Waals surface area contributed by atoms with Crippen LogP contribution in [0, 0.1) is 5.92 Å². The van der Waals surface area contributed by atoms with Crippen LogP contribution in [0.2, 0.25) is 5.02 Å². The van der Waals surface area contributed by atoms with Gasteiger partial charge < -0.3 is 5.73 Å². The first-order valence-corrected chi connectivity index (χ1v) is 5.13. The van der Waals surface area contributed by atoms with Crippen molar-refractivity contribution in [3.8, 4) is 0 Å². The number of rotatable bonds is 3. The molecule has 2 nitrogen and oxygen atoms in total. The average molecular weight is 210 g/mol. The summed E-state index contributed by atoms with van der Waals surface area (Å²) < 4.78 is 0. The summed E-state index contributed by atoms with van der Waals surface area (Å²) in [6.07, 6.45) is 2.96. The fourth-order valence-corrected chi connectivity index (χ4v) is 1.67. The number of carbonyl (C=O) groups is 1. The maximum Gasteiger partial charge on any atom is 0.164 e. The van der Waals surface area contributed by atoms with E-state index in [2.05, 4.69) is 0 Å². The molecule has 0 atom stereocenters. The predicted octanol–water partition coefficient (Wildman–Crippen LogP) is 2.91. The molecule has 0 saturated heterocycles. The number of benzene rings is 1. The van der Waals surface area contributed by atoms with E-state index in [1.54, 1.807) is 18.2 Å². The molecule has 14 heavy (non-hydrogen) atoms. The summed E-state index contributed by atoms with van der Waals surface area (Å²) in [5, 5.41) is 0.504. The first-order valence-electron chi connectivity index (χ1n) is 4.75. The summed E-state index contributed by atoms with van der Waals surface area (Å²) >= 11 is 5.92. The lowest BCUT2D eigenvalue weighted by atomic mass is 10.1. The maximum atomic E-state index is 11.7. The van der Waals surface area contributed by atoms with Gasteiger partial charge in [-0.15, -0.1) is 0 Å². The van der Waals surface area contributed by atoms with Gasteiger partial charge in [0.1, 0.15) is 0 Å². The summed E-state index contributed by atoms with van der Waals surface area (Å²) in [6, 6.07) is 5.04. The Morgan fingerprint density at radius 3 is 2.86 bits per heavy atom. The van der Waals surface area contributed by atoms with Crippen LogP contribution in [-0.4, -0.2) is 5.78 Å². The number of anilines is 1. The van der Waals surface area contributed by atoms with Gasteiger partial charge in [0.2, 0.25) is 0 Å². The molecule has 0 amide bonds. The number of hydrogen-bond acceptors (Lipinski definition) is 2. The minimum Gasteiger partial charge on any atom is -0.399 e. The third-order valence-electron chi connectivity index (χ3n) is 2.46. The van der Waals surface area contributed by atoms with Crippen molar-refractivity contribution in [2.75, 3.05) is 5.73 Å². The zero-order valence-corrected chi connectivity index (χ0v) is 8.55. The van der Waals surface area contributed by atoms with Gasteiger partial charge in [-0.2, -0.15) is 0 Å². The SMILES string of the molecule is Nc1ccc(Cl)c(C(=O)CC2CC2)c1. The predicted molar refractivity (Wildman–Crippen MR) is 57.5 cm³/mol. The standard InChI is InChI=1S/C11H12ClNO/c12-10-4-3-8(13)6-9(10)11(14)5-7-1-2-7/h3-4,6-7H,1-2,5,13H2. The molecule has 0 bridgehead atoms. The van der Waals surface area contributed by atoms with Gasteiger partial charge in [0, 0.05) is 17.7 Å². The summed E-state index contributed by atoms with van der Waals surface area (Å²) in [5.41, 5.74) is 6.76. The number of halogens is 1. The second-order valence-electron chi connectivity index (χ2n) is 3.81. The average Bonchev–Trinajstić information content (AvgIpc) is 2.93. The summed E-state index contributed by atoms with van der Waals surface area (Å²) in [4.78, 5) is 11.7. The van der Waals surface area contributed by atoms with Gasteiger partial charge in [-0.05, 0) is 37.0 Å². The number of nitrogen functional groups attached to an aromatic ring is 1. The number of carbonyl (C=O) groups excluding carboxylic acids is 1. The molecule has 1 aliphatic carbocycles. The third kappa shape index (κ3) is 2.07. The Kier molecular flexibility index (Phi) is 2.46. The van der Waals surface area contributed by atoms with Gasteiger partial charge in [0.15, 0.2) is 5.78 Å². The van der Waals surface area contributed by atoms with E-state index in [1.165, 1.54) is 12.8 Å². The van der Waals surface area contributed by atoms with Crippen LogP contribution in [0.3, 0.4) is 0 Å². The van der Waals surface area contributed by atoms with Crippen molar-refractivity contribution >= 4 is 23.1 Å². The van der Waals surface area contributed by atoms with Crippen LogP contribution in [0.25, 0.3) is 0 Å². The Morgan fingerprint density at radius 1 is 1.50 bits per heavy atom. The second kappa shape index (κ2) is 3.62. The number of nitrogens with two attached hydrogens (primary N) is 1. The fraction of sp³-hybridized carbons (Fsp3) is 0.364.